The molecular weight excluding hydrogens is 230 g/mol. The number of rotatable bonds is 3. The summed E-state index contributed by atoms with van der Waals surface area (Å²) in [6.45, 7) is 7.98. The van der Waals surface area contributed by atoms with Crippen LogP contribution in [0.2, 0.25) is 0 Å². The van der Waals surface area contributed by atoms with Crippen LogP contribution in [0, 0.1) is 5.92 Å². The van der Waals surface area contributed by atoms with E-state index in [1.54, 1.807) is 0 Å². The van der Waals surface area contributed by atoms with Crippen molar-refractivity contribution in [1.82, 2.24) is 14.7 Å². The summed E-state index contributed by atoms with van der Waals surface area (Å²) < 4.78 is 0. The van der Waals surface area contributed by atoms with Crippen molar-refractivity contribution in [3.05, 3.63) is 0 Å². The monoisotopic (exact) mass is 253 g/mol. The van der Waals surface area contributed by atoms with Crippen molar-refractivity contribution in [1.29, 1.82) is 0 Å². The molecule has 0 radical (unpaired) electrons. The molecule has 102 valence electrons. The van der Waals surface area contributed by atoms with Crippen molar-refractivity contribution in [3.63, 3.8) is 0 Å². The van der Waals surface area contributed by atoms with E-state index < -0.39 is 5.97 Å². The van der Waals surface area contributed by atoms with Crippen LogP contribution in [0.25, 0.3) is 0 Å². The third-order valence-corrected chi connectivity index (χ3v) is 4.83. The molecule has 3 atom stereocenters. The maximum Gasteiger partial charge on any atom is 0.317 e. The standard InChI is InChI=1S/C13H23N3O2/c17-13(18)10-15-5-7-16(8-6-15)12-2-4-14-3-1-11(12)9-14/h11-12H,1-10H2,(H,17,18). The fourth-order valence-corrected chi connectivity index (χ4v) is 3.86. The largest absolute Gasteiger partial charge is 0.480 e. The van der Waals surface area contributed by atoms with Crippen molar-refractivity contribution in [2.24, 2.45) is 5.92 Å². The van der Waals surface area contributed by atoms with E-state index in [2.05, 4.69) is 14.7 Å². The van der Waals surface area contributed by atoms with E-state index in [0.29, 0.717) is 0 Å². The Labute approximate surface area is 108 Å². The highest BCUT2D eigenvalue weighted by Gasteiger charge is 2.38. The maximum absolute atomic E-state index is 10.7. The van der Waals surface area contributed by atoms with Crippen LogP contribution >= 0.6 is 0 Å². The van der Waals surface area contributed by atoms with Crippen LogP contribution in [0.15, 0.2) is 0 Å². The van der Waals surface area contributed by atoms with Gasteiger partial charge in [-0.25, -0.2) is 0 Å². The average Bonchev–Trinajstić information content (AvgIpc) is 2.72. The predicted molar refractivity (Wildman–Crippen MR) is 68.6 cm³/mol. The van der Waals surface area contributed by atoms with Crippen LogP contribution in [0.5, 0.6) is 0 Å². The summed E-state index contributed by atoms with van der Waals surface area (Å²) >= 11 is 0. The minimum atomic E-state index is -0.701. The summed E-state index contributed by atoms with van der Waals surface area (Å²) in [5.74, 6) is 0.164. The molecule has 0 amide bonds. The minimum Gasteiger partial charge on any atom is -0.480 e. The van der Waals surface area contributed by atoms with Crippen LogP contribution in [0.3, 0.4) is 0 Å². The Kier molecular flexibility index (Phi) is 3.54. The van der Waals surface area contributed by atoms with Gasteiger partial charge < -0.3 is 10.0 Å². The molecule has 5 heteroatoms. The number of carbonyl (C=O) groups is 1. The number of fused-ring (bicyclic) bond motifs is 2. The van der Waals surface area contributed by atoms with Gasteiger partial charge in [-0.1, -0.05) is 0 Å². The maximum atomic E-state index is 10.7. The quantitative estimate of drug-likeness (QED) is 0.754. The molecule has 3 fully saturated rings. The number of carboxylic acid groups (broad SMARTS) is 1. The smallest absolute Gasteiger partial charge is 0.317 e. The summed E-state index contributed by atoms with van der Waals surface area (Å²) in [5.41, 5.74) is 0. The lowest BCUT2D eigenvalue weighted by atomic mass is 9.92. The minimum absolute atomic E-state index is 0.204. The Bertz CT molecular complexity index is 315. The first kappa shape index (κ1) is 12.4. The number of nitrogens with zero attached hydrogens (tertiary/aromatic N) is 3. The van der Waals surface area contributed by atoms with Crippen LogP contribution in [0.1, 0.15) is 12.8 Å². The van der Waals surface area contributed by atoms with E-state index >= 15 is 0 Å². The molecule has 0 saturated carbocycles. The van der Waals surface area contributed by atoms with Gasteiger partial charge in [-0.05, 0) is 31.8 Å². The molecule has 3 aliphatic heterocycles. The van der Waals surface area contributed by atoms with E-state index in [0.717, 1.165) is 38.1 Å². The fraction of sp³-hybridized carbons (Fsp3) is 0.923. The van der Waals surface area contributed by atoms with Gasteiger partial charge in [-0.3, -0.25) is 14.6 Å². The van der Waals surface area contributed by atoms with Crippen molar-refractivity contribution in [2.75, 3.05) is 52.4 Å². The second-order valence-electron chi connectivity index (χ2n) is 5.91. The predicted octanol–water partition coefficient (Wildman–Crippen LogP) is -0.217. The lowest BCUT2D eigenvalue weighted by molar-refractivity contribution is -0.138. The number of hydrogen-bond acceptors (Lipinski definition) is 4. The third-order valence-electron chi connectivity index (χ3n) is 4.83. The van der Waals surface area contributed by atoms with E-state index in [1.165, 1.54) is 32.5 Å². The van der Waals surface area contributed by atoms with Gasteiger partial charge in [0, 0.05) is 38.8 Å². The van der Waals surface area contributed by atoms with E-state index in [4.69, 9.17) is 5.11 Å². The van der Waals surface area contributed by atoms with Crippen molar-refractivity contribution < 1.29 is 9.90 Å². The number of piperidine rings is 1. The first-order chi connectivity index (χ1) is 8.72. The number of carboxylic acids is 1. The molecular formula is C13H23N3O2. The highest BCUT2D eigenvalue weighted by Crippen LogP contribution is 2.31. The molecule has 3 saturated heterocycles. The Hall–Kier alpha value is -0.650. The first-order valence-corrected chi connectivity index (χ1v) is 7.13. The van der Waals surface area contributed by atoms with Crippen LogP contribution in [-0.2, 0) is 4.79 Å². The molecule has 1 N–H and O–H groups in total. The van der Waals surface area contributed by atoms with Gasteiger partial charge in [0.1, 0.15) is 0 Å². The highest BCUT2D eigenvalue weighted by atomic mass is 16.4. The second-order valence-corrected chi connectivity index (χ2v) is 5.91. The van der Waals surface area contributed by atoms with Gasteiger partial charge in [0.15, 0.2) is 0 Å². The van der Waals surface area contributed by atoms with Crippen molar-refractivity contribution in [3.8, 4) is 0 Å². The molecule has 3 unspecified atom stereocenters. The Morgan fingerprint density at radius 1 is 1.06 bits per heavy atom. The zero-order valence-electron chi connectivity index (χ0n) is 10.9. The Morgan fingerprint density at radius 3 is 2.50 bits per heavy atom. The average molecular weight is 253 g/mol. The van der Waals surface area contributed by atoms with Gasteiger partial charge in [0.2, 0.25) is 0 Å². The van der Waals surface area contributed by atoms with Gasteiger partial charge in [0.05, 0.1) is 6.54 Å². The van der Waals surface area contributed by atoms with Crippen LogP contribution < -0.4 is 0 Å². The lowest BCUT2D eigenvalue weighted by Crippen LogP contribution is -2.55. The molecule has 18 heavy (non-hydrogen) atoms. The molecule has 3 aliphatic rings. The van der Waals surface area contributed by atoms with Crippen LogP contribution in [-0.4, -0.2) is 84.2 Å². The molecule has 0 aromatic rings. The van der Waals surface area contributed by atoms with Gasteiger partial charge in [-0.15, -0.1) is 0 Å². The van der Waals surface area contributed by atoms with E-state index in [9.17, 15) is 4.79 Å². The zero-order valence-corrected chi connectivity index (χ0v) is 10.9. The first-order valence-electron chi connectivity index (χ1n) is 7.13. The normalized spacial score (nSPS) is 37.9. The van der Waals surface area contributed by atoms with Crippen molar-refractivity contribution >= 4 is 5.97 Å². The molecule has 0 aromatic heterocycles. The molecule has 5 nitrogen and oxygen atoms in total. The number of aliphatic carboxylic acids is 1. The zero-order chi connectivity index (χ0) is 12.5. The number of piperazine rings is 1. The fourth-order valence-electron chi connectivity index (χ4n) is 3.86. The van der Waals surface area contributed by atoms with E-state index in [-0.39, 0.29) is 6.54 Å². The highest BCUT2D eigenvalue weighted by molar-refractivity contribution is 5.69. The Morgan fingerprint density at radius 2 is 1.78 bits per heavy atom. The topological polar surface area (TPSA) is 47.0 Å². The summed E-state index contributed by atoms with van der Waals surface area (Å²) in [7, 11) is 0. The third kappa shape index (κ3) is 2.53. The van der Waals surface area contributed by atoms with E-state index in [1.807, 2.05) is 0 Å². The molecule has 3 rings (SSSR count). The van der Waals surface area contributed by atoms with Gasteiger partial charge >= 0.3 is 5.97 Å². The summed E-state index contributed by atoms with van der Waals surface area (Å²) in [6.07, 6.45) is 2.67. The lowest BCUT2D eigenvalue weighted by Gasteiger charge is -2.43. The Balaban J connectivity index is 1.51. The molecule has 0 aliphatic carbocycles. The molecule has 2 bridgehead atoms. The van der Waals surface area contributed by atoms with Gasteiger partial charge in [-0.2, -0.15) is 0 Å². The van der Waals surface area contributed by atoms with Crippen molar-refractivity contribution in [2.45, 2.75) is 18.9 Å². The molecule has 3 heterocycles. The summed E-state index contributed by atoms with van der Waals surface area (Å²) in [5, 5.41) is 8.81. The number of hydrogen-bond donors (Lipinski definition) is 1. The van der Waals surface area contributed by atoms with Crippen LogP contribution in [0.4, 0.5) is 0 Å². The van der Waals surface area contributed by atoms with Gasteiger partial charge in [0.25, 0.3) is 0 Å². The summed E-state index contributed by atoms with van der Waals surface area (Å²) in [4.78, 5) is 18.0. The summed E-state index contributed by atoms with van der Waals surface area (Å²) in [6, 6.07) is 0.760. The molecule has 0 spiro atoms. The second kappa shape index (κ2) is 5.15. The SMILES string of the molecule is O=C(O)CN1CCN(C2CCN3CCC2C3)CC1. The molecule has 0 aromatic carbocycles.